The number of rotatable bonds is 4. The second-order valence-electron chi connectivity index (χ2n) is 6.86. The number of para-hydroxylation sites is 2. The van der Waals surface area contributed by atoms with Gasteiger partial charge in [-0.2, -0.15) is 0 Å². The second kappa shape index (κ2) is 7.46. The number of hydrogen-bond donors (Lipinski definition) is 0. The Hall–Kier alpha value is -4.25. The van der Waals surface area contributed by atoms with Gasteiger partial charge in [0.05, 0.1) is 32.6 Å². The highest BCUT2D eigenvalue weighted by atomic mass is 79.9. The number of hydrogen-bond acceptors (Lipinski definition) is 7. The number of non-ortho nitro benzene ring substituents is 2. The molecule has 0 spiro atoms. The van der Waals surface area contributed by atoms with E-state index in [4.69, 9.17) is 4.98 Å². The number of nitrogens with zero attached hydrogens (tertiary/aromatic N) is 6. The molecule has 5 rings (SSSR count). The normalized spacial score (nSPS) is 11.2. The SMILES string of the molecule is O=[N+]([O-])c1cc(-c2nc3nc4ccccc4nc3n2-c2cccc(Br)c2)cc([N+](=O)[O-])c1. The largest absolute Gasteiger partial charge is 0.277 e. The van der Waals surface area contributed by atoms with Gasteiger partial charge in [0.1, 0.15) is 5.82 Å². The Morgan fingerprint density at radius 1 is 0.781 bits per heavy atom. The first kappa shape index (κ1) is 19.7. The van der Waals surface area contributed by atoms with Crippen molar-refractivity contribution in [2.45, 2.75) is 0 Å². The molecule has 0 saturated carbocycles. The second-order valence-corrected chi connectivity index (χ2v) is 7.78. The van der Waals surface area contributed by atoms with Crippen LogP contribution in [0.15, 0.2) is 71.2 Å². The van der Waals surface area contributed by atoms with Crippen molar-refractivity contribution in [1.29, 1.82) is 0 Å². The molecule has 2 heterocycles. The summed E-state index contributed by atoms with van der Waals surface area (Å²) in [4.78, 5) is 35.3. The summed E-state index contributed by atoms with van der Waals surface area (Å²) in [7, 11) is 0. The predicted molar refractivity (Wildman–Crippen MR) is 121 cm³/mol. The minimum atomic E-state index is -0.673. The maximum Gasteiger partial charge on any atom is 0.277 e. The molecule has 0 amide bonds. The molecule has 0 saturated heterocycles. The van der Waals surface area contributed by atoms with Crippen LogP contribution < -0.4 is 0 Å². The Bertz CT molecular complexity index is 1530. The first-order valence-electron chi connectivity index (χ1n) is 9.26. The molecule has 0 aliphatic heterocycles. The quantitative estimate of drug-likeness (QED) is 0.249. The smallest absolute Gasteiger partial charge is 0.275 e. The summed E-state index contributed by atoms with van der Waals surface area (Å²) < 4.78 is 2.48. The van der Waals surface area contributed by atoms with Gasteiger partial charge in [-0.25, -0.2) is 15.0 Å². The van der Waals surface area contributed by atoms with Crippen molar-refractivity contribution in [3.8, 4) is 17.1 Å². The molecule has 11 heteroatoms. The number of aromatic nitrogens is 4. The molecule has 0 unspecified atom stereocenters. The number of benzene rings is 3. The van der Waals surface area contributed by atoms with Crippen LogP contribution in [0.25, 0.3) is 39.4 Å². The minimum Gasteiger partial charge on any atom is -0.275 e. The number of nitro groups is 2. The van der Waals surface area contributed by atoms with Gasteiger partial charge in [0.25, 0.3) is 11.4 Å². The fourth-order valence-electron chi connectivity index (χ4n) is 3.45. The molecule has 32 heavy (non-hydrogen) atoms. The molecule has 0 aliphatic carbocycles. The Morgan fingerprint density at radius 3 is 2.06 bits per heavy atom. The Labute approximate surface area is 187 Å². The molecule has 0 N–H and O–H groups in total. The monoisotopic (exact) mass is 490 g/mol. The molecule has 0 radical (unpaired) electrons. The fourth-order valence-corrected chi connectivity index (χ4v) is 3.83. The third-order valence-electron chi connectivity index (χ3n) is 4.82. The van der Waals surface area contributed by atoms with E-state index < -0.39 is 21.2 Å². The average Bonchev–Trinajstić information content (AvgIpc) is 3.15. The maximum atomic E-state index is 11.4. The molecule has 2 aromatic heterocycles. The molecule has 0 bridgehead atoms. The molecule has 5 aromatic rings. The van der Waals surface area contributed by atoms with E-state index in [9.17, 15) is 20.2 Å². The fraction of sp³-hybridized carbons (Fsp3) is 0. The van der Waals surface area contributed by atoms with Crippen LogP contribution in [0.2, 0.25) is 0 Å². The number of fused-ring (bicyclic) bond motifs is 2. The third-order valence-corrected chi connectivity index (χ3v) is 5.31. The summed E-state index contributed by atoms with van der Waals surface area (Å²) in [5, 5.41) is 22.8. The molecular formula is C21H11BrN6O4. The van der Waals surface area contributed by atoms with Crippen LogP contribution in [-0.4, -0.2) is 29.4 Å². The van der Waals surface area contributed by atoms with Gasteiger partial charge in [0.2, 0.25) is 0 Å². The van der Waals surface area contributed by atoms with Crippen LogP contribution in [0.5, 0.6) is 0 Å². The van der Waals surface area contributed by atoms with Gasteiger partial charge < -0.3 is 0 Å². The molecule has 3 aromatic carbocycles. The van der Waals surface area contributed by atoms with Crippen LogP contribution in [0.1, 0.15) is 0 Å². The Balaban J connectivity index is 1.89. The van der Waals surface area contributed by atoms with E-state index in [1.165, 1.54) is 12.1 Å². The number of halogens is 1. The Morgan fingerprint density at radius 2 is 1.44 bits per heavy atom. The van der Waals surface area contributed by atoms with Crippen LogP contribution in [0, 0.1) is 20.2 Å². The molecule has 10 nitrogen and oxygen atoms in total. The van der Waals surface area contributed by atoms with Gasteiger partial charge in [-0.3, -0.25) is 24.8 Å². The summed E-state index contributed by atoms with van der Waals surface area (Å²) in [6.45, 7) is 0. The first-order valence-corrected chi connectivity index (χ1v) is 10.1. The van der Waals surface area contributed by atoms with Crippen molar-refractivity contribution in [2.75, 3.05) is 0 Å². The average molecular weight is 491 g/mol. The standard InChI is InChI=1S/C21H11BrN6O4/c22-13-4-3-5-14(10-13)26-20(12-8-15(27(29)30)11-16(9-12)28(31)32)25-19-21(26)24-18-7-2-1-6-17(18)23-19/h1-11H. The van der Waals surface area contributed by atoms with E-state index in [1.54, 1.807) is 10.6 Å². The lowest BCUT2D eigenvalue weighted by molar-refractivity contribution is -0.394. The van der Waals surface area contributed by atoms with Gasteiger partial charge in [-0.15, -0.1) is 0 Å². The number of nitro benzene ring substituents is 2. The van der Waals surface area contributed by atoms with Gasteiger partial charge in [-0.05, 0) is 30.3 Å². The molecule has 0 aliphatic rings. The van der Waals surface area contributed by atoms with E-state index >= 15 is 0 Å². The summed E-state index contributed by atoms with van der Waals surface area (Å²) in [5.41, 5.74) is 2.06. The number of imidazole rings is 1. The lowest BCUT2D eigenvalue weighted by atomic mass is 10.1. The zero-order chi connectivity index (χ0) is 22.4. The van der Waals surface area contributed by atoms with Crippen LogP contribution in [0.4, 0.5) is 11.4 Å². The predicted octanol–water partition coefficient (Wildman–Crippen LogP) is 5.21. The van der Waals surface area contributed by atoms with E-state index in [1.807, 2.05) is 42.5 Å². The van der Waals surface area contributed by atoms with Crippen LogP contribution in [0.3, 0.4) is 0 Å². The van der Waals surface area contributed by atoms with E-state index in [0.29, 0.717) is 28.0 Å². The van der Waals surface area contributed by atoms with Gasteiger partial charge in [-0.1, -0.05) is 34.1 Å². The zero-order valence-corrected chi connectivity index (χ0v) is 17.6. The molecular weight excluding hydrogens is 480 g/mol. The summed E-state index contributed by atoms with van der Waals surface area (Å²) >= 11 is 3.45. The zero-order valence-electron chi connectivity index (χ0n) is 16.0. The minimum absolute atomic E-state index is 0.203. The van der Waals surface area contributed by atoms with Gasteiger partial charge in [0, 0.05) is 22.2 Å². The van der Waals surface area contributed by atoms with Crippen molar-refractivity contribution in [2.24, 2.45) is 0 Å². The maximum absolute atomic E-state index is 11.4. The first-order chi connectivity index (χ1) is 15.4. The Kier molecular flexibility index (Phi) is 4.59. The van der Waals surface area contributed by atoms with Crippen molar-refractivity contribution < 1.29 is 9.85 Å². The van der Waals surface area contributed by atoms with E-state index in [0.717, 1.165) is 10.5 Å². The summed E-state index contributed by atoms with van der Waals surface area (Å²) in [6.07, 6.45) is 0. The van der Waals surface area contributed by atoms with Gasteiger partial charge >= 0.3 is 0 Å². The van der Waals surface area contributed by atoms with Crippen molar-refractivity contribution in [3.63, 3.8) is 0 Å². The highest BCUT2D eigenvalue weighted by molar-refractivity contribution is 9.10. The van der Waals surface area contributed by atoms with Crippen molar-refractivity contribution >= 4 is 49.6 Å². The molecule has 156 valence electrons. The summed E-state index contributed by atoms with van der Waals surface area (Å²) in [5.74, 6) is 0.250. The van der Waals surface area contributed by atoms with Crippen LogP contribution in [-0.2, 0) is 0 Å². The van der Waals surface area contributed by atoms with Gasteiger partial charge in [0.15, 0.2) is 11.3 Å². The van der Waals surface area contributed by atoms with Crippen molar-refractivity contribution in [1.82, 2.24) is 19.5 Å². The van der Waals surface area contributed by atoms with E-state index in [-0.39, 0.29) is 11.4 Å². The van der Waals surface area contributed by atoms with E-state index in [2.05, 4.69) is 25.9 Å². The lowest BCUT2D eigenvalue weighted by Gasteiger charge is -2.09. The molecule has 0 fully saturated rings. The summed E-state index contributed by atoms with van der Waals surface area (Å²) in [6, 6.07) is 18.0. The topological polar surface area (TPSA) is 130 Å². The molecule has 0 atom stereocenters. The van der Waals surface area contributed by atoms with Crippen LogP contribution >= 0.6 is 15.9 Å². The lowest BCUT2D eigenvalue weighted by Crippen LogP contribution is -2.01. The highest BCUT2D eigenvalue weighted by Gasteiger charge is 2.23. The highest BCUT2D eigenvalue weighted by Crippen LogP contribution is 2.33. The third kappa shape index (κ3) is 3.34. The van der Waals surface area contributed by atoms with Crippen molar-refractivity contribution in [3.05, 3.63) is 91.4 Å².